The van der Waals surface area contributed by atoms with E-state index in [4.69, 9.17) is 0 Å². The van der Waals surface area contributed by atoms with Crippen LogP contribution >= 0.6 is 0 Å². The van der Waals surface area contributed by atoms with Gasteiger partial charge >= 0.3 is 0 Å². The van der Waals surface area contributed by atoms with Crippen LogP contribution in [0.15, 0.2) is 24.3 Å². The minimum absolute atomic E-state index is 0.178. The first-order valence-corrected chi connectivity index (χ1v) is 5.53. The highest BCUT2D eigenvalue weighted by atomic mass is 16.3. The molecule has 1 fully saturated rings. The predicted molar refractivity (Wildman–Crippen MR) is 58.4 cm³/mol. The molecule has 1 atom stereocenters. The maximum Gasteiger partial charge on any atom is 0.0515 e. The van der Waals surface area contributed by atoms with Gasteiger partial charge in [0.25, 0.3) is 0 Å². The van der Waals surface area contributed by atoms with Gasteiger partial charge < -0.3 is 5.11 Å². The topological polar surface area (TPSA) is 20.2 Å². The lowest BCUT2D eigenvalue weighted by Gasteiger charge is -2.09. The molecule has 0 spiro atoms. The van der Waals surface area contributed by atoms with Gasteiger partial charge in [0.15, 0.2) is 0 Å². The SMILES string of the molecule is C[C@@H](O)CCc1ccccc1C1CC1. The third-order valence-electron chi connectivity index (χ3n) is 2.90. The fourth-order valence-electron chi connectivity index (χ4n) is 1.92. The van der Waals surface area contributed by atoms with Gasteiger partial charge in [0.05, 0.1) is 6.10 Å². The molecule has 0 bridgehead atoms. The number of rotatable bonds is 4. The molecule has 0 heterocycles. The summed E-state index contributed by atoms with van der Waals surface area (Å²) in [7, 11) is 0. The van der Waals surface area contributed by atoms with E-state index >= 15 is 0 Å². The second-order valence-corrected chi connectivity index (χ2v) is 4.36. The number of aryl methyl sites for hydroxylation is 1. The first kappa shape index (κ1) is 9.72. The van der Waals surface area contributed by atoms with Gasteiger partial charge in [-0.3, -0.25) is 0 Å². The average Bonchev–Trinajstić information content (AvgIpc) is 2.98. The van der Waals surface area contributed by atoms with Crippen LogP contribution < -0.4 is 0 Å². The standard InChI is InChI=1S/C13H18O/c1-10(14)6-7-11-4-2-3-5-13(11)12-8-9-12/h2-5,10,12,14H,6-9H2,1H3/t10-/m1/s1. The summed E-state index contributed by atoms with van der Waals surface area (Å²) < 4.78 is 0. The molecule has 1 N–H and O–H groups in total. The number of aliphatic hydroxyl groups excluding tert-OH is 1. The molecule has 76 valence electrons. The highest BCUT2D eigenvalue weighted by molar-refractivity contribution is 5.33. The minimum Gasteiger partial charge on any atom is -0.393 e. The lowest BCUT2D eigenvalue weighted by atomic mass is 9.98. The summed E-state index contributed by atoms with van der Waals surface area (Å²) in [5, 5.41) is 9.26. The molecule has 0 saturated heterocycles. The van der Waals surface area contributed by atoms with E-state index in [1.54, 1.807) is 0 Å². The quantitative estimate of drug-likeness (QED) is 0.774. The highest BCUT2D eigenvalue weighted by Crippen LogP contribution is 2.41. The molecule has 1 aliphatic carbocycles. The molecule has 1 heteroatoms. The van der Waals surface area contributed by atoms with Gasteiger partial charge in [0.2, 0.25) is 0 Å². The van der Waals surface area contributed by atoms with Gasteiger partial charge in [0.1, 0.15) is 0 Å². The van der Waals surface area contributed by atoms with Crippen molar-refractivity contribution in [3.63, 3.8) is 0 Å². The third-order valence-corrected chi connectivity index (χ3v) is 2.90. The van der Waals surface area contributed by atoms with E-state index in [9.17, 15) is 5.11 Å². The molecule has 1 saturated carbocycles. The normalized spacial score (nSPS) is 18.1. The van der Waals surface area contributed by atoms with Crippen molar-refractivity contribution in [2.75, 3.05) is 0 Å². The maximum absolute atomic E-state index is 9.26. The number of aliphatic hydroxyl groups is 1. The fourth-order valence-corrected chi connectivity index (χ4v) is 1.92. The zero-order chi connectivity index (χ0) is 9.97. The van der Waals surface area contributed by atoms with Gasteiger partial charge in [-0.05, 0) is 49.7 Å². The Morgan fingerprint density at radius 1 is 1.36 bits per heavy atom. The molecule has 1 nitrogen and oxygen atoms in total. The monoisotopic (exact) mass is 190 g/mol. The zero-order valence-corrected chi connectivity index (χ0v) is 8.74. The molecular weight excluding hydrogens is 172 g/mol. The Labute approximate surface area is 85.8 Å². The van der Waals surface area contributed by atoms with Crippen molar-refractivity contribution < 1.29 is 5.11 Å². The van der Waals surface area contributed by atoms with Crippen LogP contribution in [0, 0.1) is 0 Å². The van der Waals surface area contributed by atoms with E-state index in [2.05, 4.69) is 24.3 Å². The van der Waals surface area contributed by atoms with Crippen molar-refractivity contribution in [1.29, 1.82) is 0 Å². The van der Waals surface area contributed by atoms with E-state index in [-0.39, 0.29) is 6.10 Å². The molecule has 1 aliphatic rings. The summed E-state index contributed by atoms with van der Waals surface area (Å²) in [6, 6.07) is 8.67. The number of hydrogen-bond donors (Lipinski definition) is 1. The lowest BCUT2D eigenvalue weighted by molar-refractivity contribution is 0.185. The van der Waals surface area contributed by atoms with Crippen LogP contribution in [-0.4, -0.2) is 11.2 Å². The molecule has 0 radical (unpaired) electrons. The zero-order valence-electron chi connectivity index (χ0n) is 8.74. The Morgan fingerprint density at radius 2 is 2.07 bits per heavy atom. The Kier molecular flexibility index (Phi) is 2.87. The van der Waals surface area contributed by atoms with E-state index in [0.29, 0.717) is 0 Å². The second-order valence-electron chi connectivity index (χ2n) is 4.36. The van der Waals surface area contributed by atoms with Crippen LogP contribution in [0.5, 0.6) is 0 Å². The second kappa shape index (κ2) is 4.14. The molecule has 0 aliphatic heterocycles. The maximum atomic E-state index is 9.26. The van der Waals surface area contributed by atoms with Crippen molar-refractivity contribution in [2.45, 2.75) is 44.6 Å². The molecule has 0 aromatic heterocycles. The molecule has 14 heavy (non-hydrogen) atoms. The molecular formula is C13H18O. The van der Waals surface area contributed by atoms with Crippen molar-refractivity contribution >= 4 is 0 Å². The van der Waals surface area contributed by atoms with Crippen LogP contribution in [0.2, 0.25) is 0 Å². The summed E-state index contributed by atoms with van der Waals surface area (Å²) in [4.78, 5) is 0. The molecule has 0 unspecified atom stereocenters. The summed E-state index contributed by atoms with van der Waals surface area (Å²) in [6.07, 6.45) is 4.42. The van der Waals surface area contributed by atoms with Gasteiger partial charge in [-0.15, -0.1) is 0 Å². The van der Waals surface area contributed by atoms with Gasteiger partial charge in [-0.2, -0.15) is 0 Å². The van der Waals surface area contributed by atoms with Crippen molar-refractivity contribution in [2.24, 2.45) is 0 Å². The average molecular weight is 190 g/mol. The van der Waals surface area contributed by atoms with Crippen molar-refractivity contribution in [3.05, 3.63) is 35.4 Å². The lowest BCUT2D eigenvalue weighted by Crippen LogP contribution is -2.02. The Bertz CT molecular complexity index is 300. The van der Waals surface area contributed by atoms with Gasteiger partial charge in [-0.1, -0.05) is 24.3 Å². The van der Waals surface area contributed by atoms with Crippen LogP contribution in [0.4, 0.5) is 0 Å². The third kappa shape index (κ3) is 2.36. The Morgan fingerprint density at radius 3 is 2.71 bits per heavy atom. The first-order chi connectivity index (χ1) is 6.77. The molecule has 0 amide bonds. The smallest absolute Gasteiger partial charge is 0.0515 e. The van der Waals surface area contributed by atoms with E-state index in [1.807, 2.05) is 6.92 Å². The van der Waals surface area contributed by atoms with Gasteiger partial charge in [0, 0.05) is 0 Å². The summed E-state index contributed by atoms with van der Waals surface area (Å²) >= 11 is 0. The predicted octanol–water partition coefficient (Wildman–Crippen LogP) is 2.88. The Balaban J connectivity index is 2.07. The molecule has 1 aromatic carbocycles. The van der Waals surface area contributed by atoms with E-state index in [0.717, 1.165) is 18.8 Å². The summed E-state index contributed by atoms with van der Waals surface area (Å²) in [6.45, 7) is 1.86. The highest BCUT2D eigenvalue weighted by Gasteiger charge is 2.25. The Hall–Kier alpha value is -0.820. The molecule has 1 aromatic rings. The first-order valence-electron chi connectivity index (χ1n) is 5.53. The van der Waals surface area contributed by atoms with E-state index < -0.39 is 0 Å². The largest absolute Gasteiger partial charge is 0.393 e. The van der Waals surface area contributed by atoms with Gasteiger partial charge in [-0.25, -0.2) is 0 Å². The summed E-state index contributed by atoms with van der Waals surface area (Å²) in [5.74, 6) is 0.820. The minimum atomic E-state index is -0.178. The fraction of sp³-hybridized carbons (Fsp3) is 0.538. The van der Waals surface area contributed by atoms with Crippen molar-refractivity contribution in [3.8, 4) is 0 Å². The number of benzene rings is 1. The summed E-state index contributed by atoms with van der Waals surface area (Å²) in [5.41, 5.74) is 2.96. The number of hydrogen-bond acceptors (Lipinski definition) is 1. The van der Waals surface area contributed by atoms with Crippen molar-refractivity contribution in [1.82, 2.24) is 0 Å². The van der Waals surface area contributed by atoms with Crippen LogP contribution in [0.1, 0.15) is 43.2 Å². The molecule has 2 rings (SSSR count). The van der Waals surface area contributed by atoms with E-state index in [1.165, 1.54) is 24.0 Å². The van der Waals surface area contributed by atoms with Crippen LogP contribution in [0.3, 0.4) is 0 Å². The van der Waals surface area contributed by atoms with Crippen LogP contribution in [0.25, 0.3) is 0 Å². The van der Waals surface area contributed by atoms with Crippen LogP contribution in [-0.2, 0) is 6.42 Å².